The second kappa shape index (κ2) is 4.04. The number of halogens is 2. The highest BCUT2D eigenvalue weighted by molar-refractivity contribution is 6.53. The molecule has 16 heavy (non-hydrogen) atoms. The molecule has 0 aromatic carbocycles. The van der Waals surface area contributed by atoms with Crippen molar-refractivity contribution in [2.75, 3.05) is 6.54 Å². The van der Waals surface area contributed by atoms with Crippen LogP contribution >= 0.6 is 23.2 Å². The molecule has 5 heteroatoms. The van der Waals surface area contributed by atoms with Crippen LogP contribution < -0.4 is 5.32 Å². The molecule has 94 valence electrons. The number of hydrogen-bond acceptors (Lipinski definition) is 2. The van der Waals surface area contributed by atoms with Crippen LogP contribution in [-0.4, -0.2) is 28.0 Å². The van der Waals surface area contributed by atoms with Crippen molar-refractivity contribution in [3.63, 3.8) is 0 Å². The third-order valence-electron chi connectivity index (χ3n) is 3.21. The van der Waals surface area contributed by atoms with E-state index in [-0.39, 0.29) is 17.9 Å². The van der Waals surface area contributed by atoms with E-state index >= 15 is 0 Å². The number of alkyl halides is 2. The molecule has 1 aliphatic carbocycles. The van der Waals surface area contributed by atoms with Gasteiger partial charge in [0.05, 0.1) is 11.5 Å². The zero-order valence-electron chi connectivity index (χ0n) is 10.1. The number of aliphatic hydroxyl groups is 1. The molecule has 1 amide bonds. The minimum atomic E-state index is -0.955. The molecule has 0 saturated heterocycles. The molecule has 2 N–H and O–H groups in total. The Labute approximate surface area is 106 Å². The molecular formula is C11H19Cl2NO2. The minimum Gasteiger partial charge on any atom is -0.391 e. The molecule has 3 nitrogen and oxygen atoms in total. The van der Waals surface area contributed by atoms with E-state index < -0.39 is 15.9 Å². The van der Waals surface area contributed by atoms with E-state index in [9.17, 15) is 9.90 Å². The van der Waals surface area contributed by atoms with Crippen LogP contribution in [0.5, 0.6) is 0 Å². The molecule has 2 atom stereocenters. The highest BCUT2D eigenvalue weighted by atomic mass is 35.5. The first-order valence-electron chi connectivity index (χ1n) is 5.35. The smallest absolute Gasteiger partial charge is 0.229 e. The topological polar surface area (TPSA) is 49.3 Å². The molecule has 1 fully saturated rings. The summed E-state index contributed by atoms with van der Waals surface area (Å²) < 4.78 is -0.955. The fourth-order valence-electron chi connectivity index (χ4n) is 1.34. The summed E-state index contributed by atoms with van der Waals surface area (Å²) >= 11 is 11.8. The Balaban J connectivity index is 2.44. The summed E-state index contributed by atoms with van der Waals surface area (Å²) in [5, 5.41) is 12.5. The van der Waals surface area contributed by atoms with Crippen molar-refractivity contribution in [3.05, 3.63) is 0 Å². The Morgan fingerprint density at radius 2 is 1.94 bits per heavy atom. The molecule has 0 radical (unpaired) electrons. The summed E-state index contributed by atoms with van der Waals surface area (Å²) in [5.74, 6) is -0.194. The standard InChI is InChI=1S/C11H19Cl2NO2/c1-9(2,3)7(15)5-14-8(16)10(4)6-11(10,12)13/h7,15H,5-6H2,1-4H3,(H,14,16). The number of hydrogen-bond donors (Lipinski definition) is 2. The van der Waals surface area contributed by atoms with Gasteiger partial charge in [-0.3, -0.25) is 4.79 Å². The Morgan fingerprint density at radius 3 is 2.25 bits per heavy atom. The molecule has 0 aromatic rings. The van der Waals surface area contributed by atoms with Crippen LogP contribution in [-0.2, 0) is 4.79 Å². The van der Waals surface area contributed by atoms with Crippen molar-refractivity contribution >= 4 is 29.1 Å². The van der Waals surface area contributed by atoms with Crippen LogP contribution in [0.25, 0.3) is 0 Å². The van der Waals surface area contributed by atoms with Crippen LogP contribution in [0, 0.1) is 10.8 Å². The first kappa shape index (κ1) is 14.1. The maximum Gasteiger partial charge on any atom is 0.229 e. The number of amides is 1. The van der Waals surface area contributed by atoms with Crippen molar-refractivity contribution in [2.24, 2.45) is 10.8 Å². The van der Waals surface area contributed by atoms with Gasteiger partial charge >= 0.3 is 0 Å². The quantitative estimate of drug-likeness (QED) is 0.770. The van der Waals surface area contributed by atoms with Crippen molar-refractivity contribution in [3.8, 4) is 0 Å². The number of rotatable bonds is 3. The van der Waals surface area contributed by atoms with E-state index in [0.717, 1.165) is 0 Å². The molecule has 0 bridgehead atoms. The summed E-state index contributed by atoms with van der Waals surface area (Å²) in [7, 11) is 0. The summed E-state index contributed by atoms with van der Waals surface area (Å²) in [6.07, 6.45) is -0.126. The summed E-state index contributed by atoms with van der Waals surface area (Å²) in [4.78, 5) is 11.8. The SMILES string of the molecule is CC(C)(C)C(O)CNC(=O)C1(C)CC1(Cl)Cl. The maximum atomic E-state index is 11.8. The van der Waals surface area contributed by atoms with Crippen molar-refractivity contribution in [2.45, 2.75) is 44.6 Å². The van der Waals surface area contributed by atoms with Gasteiger partial charge in [-0.05, 0) is 18.8 Å². The second-order valence-corrected chi connectivity index (χ2v) is 7.29. The van der Waals surface area contributed by atoms with E-state index in [1.165, 1.54) is 0 Å². The maximum absolute atomic E-state index is 11.8. The highest BCUT2D eigenvalue weighted by Crippen LogP contribution is 2.63. The predicted molar refractivity (Wildman–Crippen MR) is 65.6 cm³/mol. The van der Waals surface area contributed by atoms with Gasteiger partial charge < -0.3 is 10.4 Å². The molecule has 1 rings (SSSR count). The van der Waals surface area contributed by atoms with E-state index in [1.54, 1.807) is 6.92 Å². The predicted octanol–water partition coefficient (Wildman–Crippen LogP) is 2.09. The van der Waals surface area contributed by atoms with Crippen molar-refractivity contribution in [1.29, 1.82) is 0 Å². The minimum absolute atomic E-state index is 0.194. The van der Waals surface area contributed by atoms with E-state index in [0.29, 0.717) is 6.42 Å². The van der Waals surface area contributed by atoms with Gasteiger partial charge in [0.15, 0.2) is 0 Å². The Kier molecular flexibility index (Phi) is 3.55. The zero-order valence-corrected chi connectivity index (χ0v) is 11.6. The van der Waals surface area contributed by atoms with Gasteiger partial charge in [0.2, 0.25) is 5.91 Å². The van der Waals surface area contributed by atoms with Crippen molar-refractivity contribution < 1.29 is 9.90 Å². The number of aliphatic hydroxyl groups excluding tert-OH is 1. The van der Waals surface area contributed by atoms with E-state index in [1.807, 2.05) is 20.8 Å². The summed E-state index contributed by atoms with van der Waals surface area (Å²) in [5.41, 5.74) is -0.968. The lowest BCUT2D eigenvalue weighted by Gasteiger charge is -2.26. The first-order chi connectivity index (χ1) is 7.01. The Hall–Kier alpha value is 0.01000. The van der Waals surface area contributed by atoms with Gasteiger partial charge in [-0.1, -0.05) is 20.8 Å². The molecule has 0 aromatic heterocycles. The lowest BCUT2D eigenvalue weighted by Crippen LogP contribution is -2.42. The average Bonchev–Trinajstić information content (AvgIpc) is 2.61. The molecule has 0 heterocycles. The van der Waals surface area contributed by atoms with Gasteiger partial charge in [-0.25, -0.2) is 0 Å². The second-order valence-electron chi connectivity index (χ2n) is 5.81. The van der Waals surface area contributed by atoms with Gasteiger partial charge in [0, 0.05) is 6.54 Å². The molecular weight excluding hydrogens is 249 g/mol. The molecule has 0 spiro atoms. The zero-order chi connectivity index (χ0) is 12.8. The van der Waals surface area contributed by atoms with Gasteiger partial charge in [-0.2, -0.15) is 0 Å². The fourth-order valence-corrected chi connectivity index (χ4v) is 2.04. The average molecular weight is 268 g/mol. The van der Waals surface area contributed by atoms with Crippen LogP contribution in [0.2, 0.25) is 0 Å². The van der Waals surface area contributed by atoms with Crippen LogP contribution in [0.4, 0.5) is 0 Å². The van der Waals surface area contributed by atoms with Crippen LogP contribution in [0.3, 0.4) is 0 Å². The van der Waals surface area contributed by atoms with E-state index in [2.05, 4.69) is 5.32 Å². The van der Waals surface area contributed by atoms with Gasteiger partial charge in [0.1, 0.15) is 4.33 Å². The number of carbonyl (C=O) groups is 1. The third-order valence-corrected chi connectivity index (χ3v) is 4.32. The molecule has 2 unspecified atom stereocenters. The molecule has 0 aliphatic heterocycles. The largest absolute Gasteiger partial charge is 0.391 e. The van der Waals surface area contributed by atoms with Gasteiger partial charge in [-0.15, -0.1) is 23.2 Å². The van der Waals surface area contributed by atoms with Crippen LogP contribution in [0.15, 0.2) is 0 Å². The van der Waals surface area contributed by atoms with Crippen molar-refractivity contribution in [1.82, 2.24) is 5.32 Å². The monoisotopic (exact) mass is 267 g/mol. The molecule has 1 saturated carbocycles. The number of carbonyl (C=O) groups excluding carboxylic acids is 1. The normalized spacial score (nSPS) is 29.7. The lowest BCUT2D eigenvalue weighted by atomic mass is 9.89. The third kappa shape index (κ3) is 2.63. The van der Waals surface area contributed by atoms with Gasteiger partial charge in [0.25, 0.3) is 0 Å². The molecule has 1 aliphatic rings. The first-order valence-corrected chi connectivity index (χ1v) is 6.10. The van der Waals surface area contributed by atoms with E-state index in [4.69, 9.17) is 23.2 Å². The fraction of sp³-hybridized carbons (Fsp3) is 0.909. The Morgan fingerprint density at radius 1 is 1.50 bits per heavy atom. The highest BCUT2D eigenvalue weighted by Gasteiger charge is 2.67. The lowest BCUT2D eigenvalue weighted by molar-refractivity contribution is -0.126. The summed E-state index contributed by atoms with van der Waals surface area (Å²) in [6, 6.07) is 0. The summed E-state index contributed by atoms with van der Waals surface area (Å²) in [6.45, 7) is 7.69. The Bertz CT molecular complexity index is 299. The van der Waals surface area contributed by atoms with Crippen LogP contribution in [0.1, 0.15) is 34.1 Å². The number of nitrogens with one attached hydrogen (secondary N) is 1.